The molecule has 1 N–H and O–H groups in total. The second kappa shape index (κ2) is 8.39. The maximum Gasteiger partial charge on any atom is 0.322 e. The molecule has 0 unspecified atom stereocenters. The van der Waals surface area contributed by atoms with Crippen molar-refractivity contribution < 1.29 is 4.79 Å². The van der Waals surface area contributed by atoms with Crippen LogP contribution in [0.25, 0.3) is 11.3 Å². The van der Waals surface area contributed by atoms with E-state index < -0.39 is 0 Å². The van der Waals surface area contributed by atoms with Crippen LogP contribution in [0.4, 0.5) is 10.5 Å². The standard InChI is InChI=1S/C22H20Cl2N4O/c1-2-20-26-19-11-12-28(22(29)25-17-9-7-16(24)8-10-17)13-18(19)21(27-20)14-3-5-15(23)6-4-14/h3-10H,2,11-13H2,1H3,(H,25,29). The number of rotatable bonds is 3. The fourth-order valence-electron chi connectivity index (χ4n) is 3.38. The first-order valence-electron chi connectivity index (χ1n) is 9.49. The Labute approximate surface area is 179 Å². The molecule has 1 aliphatic rings. The summed E-state index contributed by atoms with van der Waals surface area (Å²) < 4.78 is 0. The van der Waals surface area contributed by atoms with E-state index in [0.717, 1.165) is 34.8 Å². The first kappa shape index (κ1) is 19.7. The third-order valence-corrected chi connectivity index (χ3v) is 5.43. The van der Waals surface area contributed by atoms with Gasteiger partial charge in [-0.3, -0.25) is 0 Å². The summed E-state index contributed by atoms with van der Waals surface area (Å²) in [4.78, 5) is 24.1. The molecule has 3 aromatic rings. The number of carbonyl (C=O) groups excluding carboxylic acids is 1. The van der Waals surface area contributed by atoms with Gasteiger partial charge in [0.2, 0.25) is 0 Å². The highest BCUT2D eigenvalue weighted by atomic mass is 35.5. The van der Waals surface area contributed by atoms with Crippen LogP contribution in [-0.2, 0) is 19.4 Å². The summed E-state index contributed by atoms with van der Waals surface area (Å²) in [6.45, 7) is 3.10. The molecule has 0 spiro atoms. The van der Waals surface area contributed by atoms with Gasteiger partial charge in [0.1, 0.15) is 5.82 Å². The zero-order valence-electron chi connectivity index (χ0n) is 16.0. The van der Waals surface area contributed by atoms with Gasteiger partial charge in [-0.2, -0.15) is 0 Å². The highest BCUT2D eigenvalue weighted by molar-refractivity contribution is 6.30. The first-order valence-corrected chi connectivity index (χ1v) is 10.2. The van der Waals surface area contributed by atoms with Gasteiger partial charge in [0.15, 0.2) is 0 Å². The van der Waals surface area contributed by atoms with Gasteiger partial charge < -0.3 is 10.2 Å². The van der Waals surface area contributed by atoms with Gasteiger partial charge in [-0.15, -0.1) is 0 Å². The van der Waals surface area contributed by atoms with E-state index in [2.05, 4.69) is 5.32 Å². The molecule has 0 saturated carbocycles. The summed E-state index contributed by atoms with van der Waals surface area (Å²) in [5.74, 6) is 0.813. The Kier molecular flexibility index (Phi) is 5.69. The van der Waals surface area contributed by atoms with Crippen LogP contribution in [0.1, 0.15) is 24.0 Å². The summed E-state index contributed by atoms with van der Waals surface area (Å²) in [7, 11) is 0. The van der Waals surface area contributed by atoms with Crippen molar-refractivity contribution in [2.45, 2.75) is 26.3 Å². The summed E-state index contributed by atoms with van der Waals surface area (Å²) in [6, 6.07) is 14.5. The minimum Gasteiger partial charge on any atom is -0.320 e. The molecular weight excluding hydrogens is 407 g/mol. The second-order valence-corrected chi connectivity index (χ2v) is 7.76. The number of hydrogen-bond donors (Lipinski definition) is 1. The Morgan fingerprint density at radius 2 is 1.69 bits per heavy atom. The Bertz CT molecular complexity index is 1040. The fraction of sp³-hybridized carbons (Fsp3) is 0.227. The third-order valence-electron chi connectivity index (χ3n) is 4.92. The number of hydrogen-bond acceptors (Lipinski definition) is 3. The molecule has 2 aromatic carbocycles. The van der Waals surface area contributed by atoms with Crippen molar-refractivity contribution in [1.29, 1.82) is 0 Å². The van der Waals surface area contributed by atoms with Crippen molar-refractivity contribution in [3.63, 3.8) is 0 Å². The van der Waals surface area contributed by atoms with Gasteiger partial charge >= 0.3 is 6.03 Å². The van der Waals surface area contributed by atoms with Crippen LogP contribution >= 0.6 is 23.2 Å². The number of anilines is 1. The lowest BCUT2D eigenvalue weighted by Gasteiger charge is -2.30. The predicted molar refractivity (Wildman–Crippen MR) is 116 cm³/mol. The molecule has 0 atom stereocenters. The van der Waals surface area contributed by atoms with Crippen LogP contribution in [0, 0.1) is 0 Å². The van der Waals surface area contributed by atoms with Crippen LogP contribution in [0.15, 0.2) is 48.5 Å². The summed E-state index contributed by atoms with van der Waals surface area (Å²) in [5, 5.41) is 4.24. The van der Waals surface area contributed by atoms with Crippen LogP contribution in [0.3, 0.4) is 0 Å². The second-order valence-electron chi connectivity index (χ2n) is 6.88. The van der Waals surface area contributed by atoms with Crippen molar-refractivity contribution in [3.05, 3.63) is 75.7 Å². The topological polar surface area (TPSA) is 58.1 Å². The van der Waals surface area contributed by atoms with Gasteiger partial charge in [-0.25, -0.2) is 14.8 Å². The number of aromatic nitrogens is 2. The van der Waals surface area contributed by atoms with Crippen molar-refractivity contribution in [3.8, 4) is 11.3 Å². The average molecular weight is 427 g/mol. The number of nitrogens with one attached hydrogen (secondary N) is 1. The zero-order chi connectivity index (χ0) is 20.4. The highest BCUT2D eigenvalue weighted by Crippen LogP contribution is 2.29. The Balaban J connectivity index is 1.63. The summed E-state index contributed by atoms with van der Waals surface area (Å²) in [5.41, 5.74) is 4.55. The number of aryl methyl sites for hydroxylation is 1. The molecule has 2 heterocycles. The monoisotopic (exact) mass is 426 g/mol. The van der Waals surface area contributed by atoms with E-state index in [1.54, 1.807) is 29.2 Å². The van der Waals surface area contributed by atoms with Gasteiger partial charge in [-0.05, 0) is 36.4 Å². The normalized spacial score (nSPS) is 13.1. The van der Waals surface area contributed by atoms with Gasteiger partial charge in [0.05, 0.1) is 17.9 Å². The molecule has 2 amide bonds. The molecule has 0 aliphatic carbocycles. The van der Waals surface area contributed by atoms with Gasteiger partial charge in [0.25, 0.3) is 0 Å². The fourth-order valence-corrected chi connectivity index (χ4v) is 3.63. The minimum absolute atomic E-state index is 0.153. The van der Waals surface area contributed by atoms with E-state index in [9.17, 15) is 4.79 Å². The molecule has 148 valence electrons. The third kappa shape index (κ3) is 4.36. The van der Waals surface area contributed by atoms with E-state index in [1.807, 2.05) is 31.2 Å². The van der Waals surface area contributed by atoms with Crippen molar-refractivity contribution in [1.82, 2.24) is 14.9 Å². The van der Waals surface area contributed by atoms with E-state index in [-0.39, 0.29) is 6.03 Å². The summed E-state index contributed by atoms with van der Waals surface area (Å²) >= 11 is 12.0. The maximum absolute atomic E-state index is 12.8. The first-order chi connectivity index (χ1) is 14.0. The Morgan fingerprint density at radius 1 is 1.03 bits per heavy atom. The van der Waals surface area contributed by atoms with Gasteiger partial charge in [0, 0.05) is 46.2 Å². The number of nitrogens with zero attached hydrogens (tertiary/aromatic N) is 3. The number of carbonyl (C=O) groups is 1. The van der Waals surface area contributed by atoms with E-state index in [0.29, 0.717) is 35.2 Å². The Morgan fingerprint density at radius 3 is 2.34 bits per heavy atom. The number of halogens is 2. The smallest absolute Gasteiger partial charge is 0.320 e. The van der Waals surface area contributed by atoms with E-state index >= 15 is 0 Å². The minimum atomic E-state index is -0.153. The predicted octanol–water partition coefficient (Wildman–Crippen LogP) is 5.60. The van der Waals surface area contributed by atoms with E-state index in [1.165, 1.54) is 0 Å². The van der Waals surface area contributed by atoms with Gasteiger partial charge in [-0.1, -0.05) is 42.3 Å². The largest absolute Gasteiger partial charge is 0.322 e. The number of amides is 2. The number of benzene rings is 2. The lowest BCUT2D eigenvalue weighted by molar-refractivity contribution is 0.206. The van der Waals surface area contributed by atoms with Crippen LogP contribution in [0.2, 0.25) is 10.0 Å². The van der Waals surface area contributed by atoms with Crippen LogP contribution in [-0.4, -0.2) is 27.4 Å². The zero-order valence-corrected chi connectivity index (χ0v) is 17.5. The molecule has 0 saturated heterocycles. The number of urea groups is 1. The lowest BCUT2D eigenvalue weighted by Crippen LogP contribution is -2.39. The van der Waals surface area contributed by atoms with Crippen molar-refractivity contribution in [2.24, 2.45) is 0 Å². The molecule has 7 heteroatoms. The lowest BCUT2D eigenvalue weighted by atomic mass is 9.99. The van der Waals surface area contributed by atoms with Crippen molar-refractivity contribution in [2.75, 3.05) is 11.9 Å². The summed E-state index contributed by atoms with van der Waals surface area (Å²) in [6.07, 6.45) is 1.45. The molecule has 0 bridgehead atoms. The molecule has 0 fully saturated rings. The molecule has 29 heavy (non-hydrogen) atoms. The SMILES string of the molecule is CCc1nc2c(c(-c3ccc(Cl)cc3)n1)CN(C(=O)Nc1ccc(Cl)cc1)CC2. The molecular formula is C22H20Cl2N4O. The number of fused-ring (bicyclic) bond motifs is 1. The average Bonchev–Trinajstić information content (AvgIpc) is 2.74. The maximum atomic E-state index is 12.8. The van der Waals surface area contributed by atoms with E-state index in [4.69, 9.17) is 33.2 Å². The molecule has 1 aromatic heterocycles. The quantitative estimate of drug-likeness (QED) is 0.592. The molecule has 0 radical (unpaired) electrons. The Hall–Kier alpha value is -2.63. The molecule has 4 rings (SSSR count). The van der Waals surface area contributed by atoms with Crippen molar-refractivity contribution >= 4 is 34.9 Å². The molecule has 1 aliphatic heterocycles. The highest BCUT2D eigenvalue weighted by Gasteiger charge is 2.26. The van der Waals surface area contributed by atoms with Crippen LogP contribution < -0.4 is 5.32 Å². The van der Waals surface area contributed by atoms with Crippen LogP contribution in [0.5, 0.6) is 0 Å². The molecule has 5 nitrogen and oxygen atoms in total.